The van der Waals surface area contributed by atoms with Crippen LogP contribution in [-0.2, 0) is 14.3 Å². The van der Waals surface area contributed by atoms with Gasteiger partial charge in [0.1, 0.15) is 0 Å². The molecule has 2 N–H and O–H groups in total. The van der Waals surface area contributed by atoms with Gasteiger partial charge in [-0.15, -0.1) is 0 Å². The van der Waals surface area contributed by atoms with E-state index in [0.717, 1.165) is 18.4 Å². The van der Waals surface area contributed by atoms with Crippen molar-refractivity contribution in [2.45, 2.75) is 19.8 Å². The van der Waals surface area contributed by atoms with E-state index in [1.807, 2.05) is 6.92 Å². The predicted molar refractivity (Wildman–Crippen MR) is 94.5 cm³/mol. The van der Waals surface area contributed by atoms with Crippen LogP contribution in [0.1, 0.15) is 18.4 Å². The number of nitrogens with one attached hydrogen (secondary N) is 2. The lowest BCUT2D eigenvalue weighted by atomic mass is 9.97. The molecule has 8 heteroatoms. The van der Waals surface area contributed by atoms with Crippen molar-refractivity contribution in [1.29, 1.82) is 0 Å². The van der Waals surface area contributed by atoms with Gasteiger partial charge in [-0.25, -0.2) is 4.79 Å². The molecule has 1 heterocycles. The Morgan fingerprint density at radius 2 is 1.92 bits per heavy atom. The fraction of sp³-hybridized carbons (Fsp3) is 0.471. The molecule has 0 spiro atoms. The van der Waals surface area contributed by atoms with Crippen molar-refractivity contribution < 1.29 is 19.1 Å². The second kappa shape index (κ2) is 8.71. The average Bonchev–Trinajstić information content (AvgIpc) is 2.62. The fourth-order valence-electron chi connectivity index (χ4n) is 2.62. The molecule has 1 aliphatic rings. The number of aryl methyl sites for hydroxylation is 1. The Morgan fingerprint density at radius 3 is 2.52 bits per heavy atom. The normalized spacial score (nSPS) is 14.8. The number of piperidine rings is 1. The molecule has 0 atom stereocenters. The Hall–Kier alpha value is -2.28. The van der Waals surface area contributed by atoms with Crippen LogP contribution in [0.5, 0.6) is 0 Å². The molecule has 0 unspecified atom stereocenters. The van der Waals surface area contributed by atoms with Crippen LogP contribution in [0.3, 0.4) is 0 Å². The van der Waals surface area contributed by atoms with E-state index in [1.165, 1.54) is 7.11 Å². The maximum atomic E-state index is 11.9. The number of carbonyl (C=O) groups is 3. The highest BCUT2D eigenvalue weighted by Gasteiger charge is 2.24. The molecule has 136 valence electrons. The van der Waals surface area contributed by atoms with Gasteiger partial charge in [0, 0.05) is 30.3 Å². The molecule has 1 aliphatic heterocycles. The molecule has 2 rings (SSSR count). The van der Waals surface area contributed by atoms with Crippen LogP contribution >= 0.6 is 11.6 Å². The van der Waals surface area contributed by atoms with Crippen LogP contribution in [0.15, 0.2) is 18.2 Å². The molecule has 0 bridgehead atoms. The highest BCUT2D eigenvalue weighted by molar-refractivity contribution is 6.39. The van der Waals surface area contributed by atoms with Crippen molar-refractivity contribution in [3.05, 3.63) is 28.8 Å². The van der Waals surface area contributed by atoms with E-state index < -0.39 is 11.8 Å². The van der Waals surface area contributed by atoms with Crippen LogP contribution < -0.4 is 10.6 Å². The van der Waals surface area contributed by atoms with Crippen molar-refractivity contribution in [2.24, 2.45) is 5.92 Å². The Labute approximate surface area is 151 Å². The van der Waals surface area contributed by atoms with E-state index in [9.17, 15) is 14.4 Å². The van der Waals surface area contributed by atoms with Crippen LogP contribution in [-0.4, -0.2) is 49.6 Å². The number of hydrogen-bond acceptors (Lipinski definition) is 4. The largest absolute Gasteiger partial charge is 0.453 e. The van der Waals surface area contributed by atoms with Gasteiger partial charge in [-0.05, 0) is 43.4 Å². The van der Waals surface area contributed by atoms with E-state index in [4.69, 9.17) is 11.6 Å². The maximum Gasteiger partial charge on any atom is 0.409 e. The standard InChI is InChI=1S/C17H22ClN3O4/c1-11-3-4-13(9-14(11)18)20-16(23)15(22)19-10-12-5-7-21(8-6-12)17(24)25-2/h3-4,9,12H,5-8,10H2,1-2H3,(H,19,22)(H,20,23). The number of methoxy groups -OCH3 is 1. The molecular formula is C17H22ClN3O4. The molecule has 0 saturated carbocycles. The van der Waals surface area contributed by atoms with Gasteiger partial charge in [0.25, 0.3) is 0 Å². The van der Waals surface area contributed by atoms with E-state index >= 15 is 0 Å². The Bertz CT molecular complexity index is 657. The number of halogens is 1. The van der Waals surface area contributed by atoms with Gasteiger partial charge in [0.05, 0.1) is 7.11 Å². The number of ether oxygens (including phenoxy) is 1. The average molecular weight is 368 g/mol. The lowest BCUT2D eigenvalue weighted by Gasteiger charge is -2.30. The number of anilines is 1. The van der Waals surface area contributed by atoms with Crippen molar-refractivity contribution in [2.75, 3.05) is 32.1 Å². The first-order chi connectivity index (χ1) is 11.9. The van der Waals surface area contributed by atoms with E-state index in [1.54, 1.807) is 23.1 Å². The number of likely N-dealkylation sites (tertiary alicyclic amines) is 1. The van der Waals surface area contributed by atoms with Crippen molar-refractivity contribution in [3.63, 3.8) is 0 Å². The summed E-state index contributed by atoms with van der Waals surface area (Å²) in [6, 6.07) is 5.06. The molecule has 0 aromatic heterocycles. The van der Waals surface area contributed by atoms with Gasteiger partial charge in [0.2, 0.25) is 0 Å². The topological polar surface area (TPSA) is 87.7 Å². The fourth-order valence-corrected chi connectivity index (χ4v) is 2.81. The number of rotatable bonds is 3. The third-order valence-electron chi connectivity index (χ3n) is 4.23. The first-order valence-electron chi connectivity index (χ1n) is 8.09. The molecule has 25 heavy (non-hydrogen) atoms. The molecule has 1 saturated heterocycles. The van der Waals surface area contributed by atoms with Crippen LogP contribution in [0.25, 0.3) is 0 Å². The predicted octanol–water partition coefficient (Wildman–Crippen LogP) is 2.18. The molecule has 1 fully saturated rings. The first kappa shape index (κ1) is 19.1. The summed E-state index contributed by atoms with van der Waals surface area (Å²) in [6.45, 7) is 3.42. The summed E-state index contributed by atoms with van der Waals surface area (Å²) >= 11 is 6.00. The summed E-state index contributed by atoms with van der Waals surface area (Å²) in [4.78, 5) is 36.9. The van der Waals surface area contributed by atoms with Crippen LogP contribution in [0, 0.1) is 12.8 Å². The van der Waals surface area contributed by atoms with E-state index in [0.29, 0.717) is 30.3 Å². The third kappa shape index (κ3) is 5.35. The molecule has 1 aromatic rings. The summed E-state index contributed by atoms with van der Waals surface area (Å²) < 4.78 is 4.68. The zero-order valence-corrected chi connectivity index (χ0v) is 15.1. The van der Waals surface area contributed by atoms with Gasteiger partial charge in [-0.2, -0.15) is 0 Å². The Morgan fingerprint density at radius 1 is 1.24 bits per heavy atom. The van der Waals surface area contributed by atoms with Gasteiger partial charge < -0.3 is 20.3 Å². The number of nitrogens with zero attached hydrogens (tertiary/aromatic N) is 1. The van der Waals surface area contributed by atoms with Crippen LogP contribution in [0.4, 0.5) is 10.5 Å². The monoisotopic (exact) mass is 367 g/mol. The molecule has 0 radical (unpaired) electrons. The summed E-state index contributed by atoms with van der Waals surface area (Å²) in [7, 11) is 1.36. The van der Waals surface area contributed by atoms with Gasteiger partial charge in [0.15, 0.2) is 0 Å². The SMILES string of the molecule is COC(=O)N1CCC(CNC(=O)C(=O)Nc2ccc(C)c(Cl)c2)CC1. The first-order valence-corrected chi connectivity index (χ1v) is 8.46. The number of carbonyl (C=O) groups excluding carboxylic acids is 3. The van der Waals surface area contributed by atoms with Gasteiger partial charge in [-0.3, -0.25) is 9.59 Å². The van der Waals surface area contributed by atoms with Crippen molar-refractivity contribution in [3.8, 4) is 0 Å². The molecule has 3 amide bonds. The summed E-state index contributed by atoms with van der Waals surface area (Å²) in [5.74, 6) is -1.19. The summed E-state index contributed by atoms with van der Waals surface area (Å²) in [5.41, 5.74) is 1.37. The number of amides is 3. The van der Waals surface area contributed by atoms with E-state index in [2.05, 4.69) is 15.4 Å². The highest BCUT2D eigenvalue weighted by Crippen LogP contribution is 2.20. The quantitative estimate of drug-likeness (QED) is 0.801. The minimum atomic E-state index is -0.730. The maximum absolute atomic E-state index is 11.9. The van der Waals surface area contributed by atoms with Crippen molar-refractivity contribution >= 4 is 35.2 Å². The number of hydrogen-bond donors (Lipinski definition) is 2. The minimum Gasteiger partial charge on any atom is -0.453 e. The summed E-state index contributed by atoms with van der Waals surface area (Å²) in [6.07, 6.45) is 1.17. The second-order valence-corrected chi connectivity index (χ2v) is 6.44. The smallest absolute Gasteiger partial charge is 0.409 e. The number of benzene rings is 1. The van der Waals surface area contributed by atoms with Crippen LogP contribution in [0.2, 0.25) is 5.02 Å². The Balaban J connectivity index is 1.75. The second-order valence-electron chi connectivity index (χ2n) is 6.03. The Kier molecular flexibility index (Phi) is 6.64. The molecule has 0 aliphatic carbocycles. The lowest BCUT2D eigenvalue weighted by Crippen LogP contribution is -2.43. The van der Waals surface area contributed by atoms with Gasteiger partial charge >= 0.3 is 17.9 Å². The van der Waals surface area contributed by atoms with Gasteiger partial charge in [-0.1, -0.05) is 17.7 Å². The minimum absolute atomic E-state index is 0.228. The zero-order chi connectivity index (χ0) is 18.4. The highest BCUT2D eigenvalue weighted by atomic mass is 35.5. The molecule has 7 nitrogen and oxygen atoms in total. The molecular weight excluding hydrogens is 346 g/mol. The third-order valence-corrected chi connectivity index (χ3v) is 4.64. The van der Waals surface area contributed by atoms with Crippen molar-refractivity contribution in [1.82, 2.24) is 10.2 Å². The lowest BCUT2D eigenvalue weighted by molar-refractivity contribution is -0.136. The summed E-state index contributed by atoms with van der Waals surface area (Å²) in [5, 5.41) is 5.68. The molecule has 1 aromatic carbocycles. The zero-order valence-electron chi connectivity index (χ0n) is 14.3. The van der Waals surface area contributed by atoms with E-state index in [-0.39, 0.29) is 12.0 Å².